The van der Waals surface area contributed by atoms with Gasteiger partial charge in [0.25, 0.3) is 0 Å². The molecule has 0 unspecified atom stereocenters. The van der Waals surface area contributed by atoms with Crippen LogP contribution >= 0.6 is 0 Å². The molecule has 0 atom stereocenters. The number of benzene rings is 1. The molecule has 0 radical (unpaired) electrons. The van der Waals surface area contributed by atoms with Crippen LogP contribution in [0.2, 0.25) is 0 Å². The molecule has 0 saturated carbocycles. The zero-order valence-electron chi connectivity index (χ0n) is 11.6. The molecule has 0 saturated heterocycles. The Morgan fingerprint density at radius 3 is 2.63 bits per heavy atom. The summed E-state index contributed by atoms with van der Waals surface area (Å²) in [6, 6.07) is 6.82. The van der Waals surface area contributed by atoms with Gasteiger partial charge in [-0.1, -0.05) is 0 Å². The molecular weight excluding hydrogens is 244 g/mol. The van der Waals surface area contributed by atoms with E-state index in [4.69, 9.17) is 14.7 Å². The molecule has 0 heterocycles. The zero-order valence-corrected chi connectivity index (χ0v) is 11.6. The molecule has 1 aromatic rings. The SMILES string of the molecule is COc1cc(C#N)ccc1NC(=O)COC(C)(C)C. The minimum Gasteiger partial charge on any atom is -0.495 e. The number of ether oxygens (including phenoxy) is 2. The highest BCUT2D eigenvalue weighted by atomic mass is 16.5. The Balaban J connectivity index is 2.72. The van der Waals surface area contributed by atoms with Gasteiger partial charge in [0.2, 0.25) is 5.91 Å². The second kappa shape index (κ2) is 6.21. The van der Waals surface area contributed by atoms with E-state index in [-0.39, 0.29) is 18.1 Å². The van der Waals surface area contributed by atoms with E-state index in [1.54, 1.807) is 18.2 Å². The quantitative estimate of drug-likeness (QED) is 0.903. The van der Waals surface area contributed by atoms with Gasteiger partial charge in [-0.15, -0.1) is 0 Å². The number of carbonyl (C=O) groups is 1. The molecule has 0 bridgehead atoms. The average molecular weight is 262 g/mol. The van der Waals surface area contributed by atoms with Gasteiger partial charge in [-0.3, -0.25) is 4.79 Å². The van der Waals surface area contributed by atoms with E-state index in [2.05, 4.69) is 5.32 Å². The van der Waals surface area contributed by atoms with Gasteiger partial charge in [0.05, 0.1) is 30.0 Å². The molecule has 1 N–H and O–H groups in total. The molecule has 0 aromatic heterocycles. The number of nitrogens with one attached hydrogen (secondary N) is 1. The van der Waals surface area contributed by atoms with Crippen molar-refractivity contribution in [3.8, 4) is 11.8 Å². The van der Waals surface area contributed by atoms with Crippen LogP contribution in [0.4, 0.5) is 5.69 Å². The summed E-state index contributed by atoms with van der Waals surface area (Å²) in [5.74, 6) is 0.182. The van der Waals surface area contributed by atoms with E-state index in [0.29, 0.717) is 17.0 Å². The van der Waals surface area contributed by atoms with Crippen molar-refractivity contribution in [3.63, 3.8) is 0 Å². The van der Waals surface area contributed by atoms with E-state index in [1.165, 1.54) is 7.11 Å². The smallest absolute Gasteiger partial charge is 0.250 e. The maximum atomic E-state index is 11.7. The summed E-state index contributed by atoms with van der Waals surface area (Å²) in [7, 11) is 1.48. The van der Waals surface area contributed by atoms with Gasteiger partial charge in [-0.05, 0) is 32.9 Å². The molecule has 0 aliphatic heterocycles. The van der Waals surface area contributed by atoms with E-state index in [0.717, 1.165) is 0 Å². The normalized spacial score (nSPS) is 10.7. The number of amides is 1. The first-order valence-electron chi connectivity index (χ1n) is 5.87. The minimum absolute atomic E-state index is 0.0351. The highest BCUT2D eigenvalue weighted by Crippen LogP contribution is 2.25. The van der Waals surface area contributed by atoms with E-state index < -0.39 is 0 Å². The molecule has 1 rings (SSSR count). The minimum atomic E-state index is -0.369. The number of nitriles is 1. The van der Waals surface area contributed by atoms with Crippen LogP contribution in [0.15, 0.2) is 18.2 Å². The van der Waals surface area contributed by atoms with Crippen molar-refractivity contribution in [3.05, 3.63) is 23.8 Å². The lowest BCUT2D eigenvalue weighted by Gasteiger charge is -2.19. The van der Waals surface area contributed by atoms with Crippen LogP contribution in [0.3, 0.4) is 0 Å². The zero-order chi connectivity index (χ0) is 14.5. The van der Waals surface area contributed by atoms with Crippen molar-refractivity contribution in [2.24, 2.45) is 0 Å². The summed E-state index contributed by atoms with van der Waals surface area (Å²) < 4.78 is 10.5. The van der Waals surface area contributed by atoms with Crippen LogP contribution in [0.25, 0.3) is 0 Å². The fourth-order valence-corrected chi connectivity index (χ4v) is 1.33. The first-order valence-corrected chi connectivity index (χ1v) is 5.87. The lowest BCUT2D eigenvalue weighted by Crippen LogP contribution is -2.27. The van der Waals surface area contributed by atoms with Crippen molar-refractivity contribution in [1.29, 1.82) is 5.26 Å². The molecule has 5 nitrogen and oxygen atoms in total. The Kier molecular flexibility index (Phi) is 4.90. The Bertz CT molecular complexity index is 498. The Hall–Kier alpha value is -2.06. The molecule has 0 aliphatic carbocycles. The maximum absolute atomic E-state index is 11.7. The van der Waals surface area contributed by atoms with Gasteiger partial charge < -0.3 is 14.8 Å². The first-order chi connectivity index (χ1) is 8.85. The fraction of sp³-hybridized carbons (Fsp3) is 0.429. The molecule has 0 spiro atoms. The number of anilines is 1. The maximum Gasteiger partial charge on any atom is 0.250 e. The van der Waals surface area contributed by atoms with Gasteiger partial charge in [0.15, 0.2) is 0 Å². The van der Waals surface area contributed by atoms with Crippen LogP contribution in [-0.2, 0) is 9.53 Å². The van der Waals surface area contributed by atoms with Crippen LogP contribution < -0.4 is 10.1 Å². The predicted molar refractivity (Wildman–Crippen MR) is 72.0 cm³/mol. The number of carbonyl (C=O) groups excluding carboxylic acids is 1. The number of hydrogen-bond donors (Lipinski definition) is 1. The fourth-order valence-electron chi connectivity index (χ4n) is 1.33. The second-order valence-electron chi connectivity index (χ2n) is 4.98. The lowest BCUT2D eigenvalue weighted by atomic mass is 10.2. The third-order valence-corrected chi connectivity index (χ3v) is 2.24. The summed E-state index contributed by atoms with van der Waals surface area (Å²) in [5.41, 5.74) is 0.622. The number of methoxy groups -OCH3 is 1. The largest absolute Gasteiger partial charge is 0.495 e. The van der Waals surface area contributed by atoms with Crippen molar-refractivity contribution in [2.75, 3.05) is 19.0 Å². The molecule has 19 heavy (non-hydrogen) atoms. The second-order valence-corrected chi connectivity index (χ2v) is 4.98. The van der Waals surface area contributed by atoms with Gasteiger partial charge in [-0.2, -0.15) is 5.26 Å². The summed E-state index contributed by atoms with van der Waals surface area (Å²) >= 11 is 0. The third kappa shape index (κ3) is 4.98. The summed E-state index contributed by atoms with van der Waals surface area (Å²) in [6.45, 7) is 5.60. The Morgan fingerprint density at radius 2 is 2.11 bits per heavy atom. The van der Waals surface area contributed by atoms with Crippen LogP contribution in [-0.4, -0.2) is 25.2 Å². The van der Waals surface area contributed by atoms with Crippen molar-refractivity contribution < 1.29 is 14.3 Å². The highest BCUT2D eigenvalue weighted by molar-refractivity contribution is 5.93. The molecular formula is C14H18N2O3. The van der Waals surface area contributed by atoms with Gasteiger partial charge >= 0.3 is 0 Å². The molecule has 0 aliphatic rings. The van der Waals surface area contributed by atoms with Gasteiger partial charge in [-0.25, -0.2) is 0 Å². The highest BCUT2D eigenvalue weighted by Gasteiger charge is 2.14. The van der Waals surface area contributed by atoms with Crippen LogP contribution in [0, 0.1) is 11.3 Å². The predicted octanol–water partition coefficient (Wildman–Crippen LogP) is 2.32. The summed E-state index contributed by atoms with van der Waals surface area (Å²) in [6.07, 6.45) is 0. The van der Waals surface area contributed by atoms with Crippen molar-refractivity contribution in [2.45, 2.75) is 26.4 Å². The molecule has 102 valence electrons. The number of nitrogens with zero attached hydrogens (tertiary/aromatic N) is 1. The molecule has 1 amide bonds. The van der Waals surface area contributed by atoms with Gasteiger partial charge in [0.1, 0.15) is 12.4 Å². The first kappa shape index (κ1) is 15.0. The summed E-state index contributed by atoms with van der Waals surface area (Å²) in [4.78, 5) is 11.7. The standard InChI is InChI=1S/C14H18N2O3/c1-14(2,3)19-9-13(17)16-11-6-5-10(8-15)7-12(11)18-4/h5-7H,9H2,1-4H3,(H,16,17). The lowest BCUT2D eigenvalue weighted by molar-refractivity contribution is -0.125. The average Bonchev–Trinajstić information content (AvgIpc) is 2.36. The number of rotatable bonds is 4. The molecule has 5 heteroatoms. The van der Waals surface area contributed by atoms with Crippen molar-refractivity contribution in [1.82, 2.24) is 0 Å². The molecule has 1 aromatic carbocycles. The summed E-state index contributed by atoms with van der Waals surface area (Å²) in [5, 5.41) is 11.5. The Labute approximate surface area is 113 Å². The Morgan fingerprint density at radius 1 is 1.42 bits per heavy atom. The van der Waals surface area contributed by atoms with E-state index >= 15 is 0 Å². The van der Waals surface area contributed by atoms with Crippen molar-refractivity contribution >= 4 is 11.6 Å². The van der Waals surface area contributed by atoms with E-state index in [9.17, 15) is 4.79 Å². The third-order valence-electron chi connectivity index (χ3n) is 2.24. The number of hydrogen-bond acceptors (Lipinski definition) is 4. The van der Waals surface area contributed by atoms with E-state index in [1.807, 2.05) is 26.8 Å². The van der Waals surface area contributed by atoms with Crippen LogP contribution in [0.1, 0.15) is 26.3 Å². The monoisotopic (exact) mass is 262 g/mol. The van der Waals surface area contributed by atoms with Crippen LogP contribution in [0.5, 0.6) is 5.75 Å². The topological polar surface area (TPSA) is 71.3 Å². The molecule has 0 fully saturated rings. The van der Waals surface area contributed by atoms with Gasteiger partial charge in [0, 0.05) is 6.07 Å².